The first kappa shape index (κ1) is 14.9. The zero-order valence-electron chi connectivity index (χ0n) is 11.5. The largest absolute Gasteiger partial charge is 0.313 e. The Bertz CT molecular complexity index is 143. The highest BCUT2D eigenvalue weighted by Crippen LogP contribution is 2.03. The molecule has 0 aliphatic carbocycles. The van der Waals surface area contributed by atoms with Gasteiger partial charge in [-0.3, -0.25) is 4.90 Å². The van der Waals surface area contributed by atoms with Crippen LogP contribution in [-0.4, -0.2) is 36.6 Å². The van der Waals surface area contributed by atoms with Crippen LogP contribution in [0.4, 0.5) is 0 Å². The monoisotopic (exact) mass is 214 g/mol. The van der Waals surface area contributed by atoms with Gasteiger partial charge in [-0.2, -0.15) is 0 Å². The summed E-state index contributed by atoms with van der Waals surface area (Å²) in [6.07, 6.45) is 1.27. The summed E-state index contributed by atoms with van der Waals surface area (Å²) < 4.78 is 0. The van der Waals surface area contributed by atoms with Gasteiger partial charge in [0.25, 0.3) is 0 Å². The molecule has 0 aromatic heterocycles. The summed E-state index contributed by atoms with van der Waals surface area (Å²) in [7, 11) is 0. The van der Waals surface area contributed by atoms with E-state index in [4.69, 9.17) is 0 Å². The maximum Gasteiger partial charge on any atom is 0.0110 e. The van der Waals surface area contributed by atoms with Crippen LogP contribution in [0.25, 0.3) is 0 Å². The van der Waals surface area contributed by atoms with Gasteiger partial charge in [0.1, 0.15) is 0 Å². The van der Waals surface area contributed by atoms with Crippen molar-refractivity contribution in [3.63, 3.8) is 0 Å². The number of hydrogen-bond acceptors (Lipinski definition) is 2. The fourth-order valence-corrected chi connectivity index (χ4v) is 2.03. The third-order valence-corrected chi connectivity index (χ3v) is 2.85. The highest BCUT2D eigenvalue weighted by atomic mass is 15.2. The smallest absolute Gasteiger partial charge is 0.0110 e. The predicted molar refractivity (Wildman–Crippen MR) is 69.3 cm³/mol. The molecule has 0 aliphatic rings. The Hall–Kier alpha value is -0.0800. The maximum absolute atomic E-state index is 3.59. The minimum atomic E-state index is 0.649. The van der Waals surface area contributed by atoms with Gasteiger partial charge in [-0.1, -0.05) is 20.8 Å². The summed E-state index contributed by atoms with van der Waals surface area (Å²) in [5, 5.41) is 3.59. The summed E-state index contributed by atoms with van der Waals surface area (Å²) in [4.78, 5) is 2.50. The second kappa shape index (κ2) is 8.12. The van der Waals surface area contributed by atoms with Crippen molar-refractivity contribution in [3.8, 4) is 0 Å². The van der Waals surface area contributed by atoms with Crippen molar-refractivity contribution >= 4 is 0 Å². The molecule has 0 fully saturated rings. The number of nitrogens with zero attached hydrogens (tertiary/aromatic N) is 1. The van der Waals surface area contributed by atoms with Crippen LogP contribution in [-0.2, 0) is 0 Å². The molecule has 0 spiro atoms. The molecule has 0 radical (unpaired) electrons. The molecule has 15 heavy (non-hydrogen) atoms. The SMILES string of the molecule is CCN(CCNC(C)CC(C)C)C(C)C. The Balaban J connectivity index is 3.59. The van der Waals surface area contributed by atoms with Crippen LogP contribution in [0.5, 0.6) is 0 Å². The fourth-order valence-electron chi connectivity index (χ4n) is 2.03. The van der Waals surface area contributed by atoms with Crippen molar-refractivity contribution in [2.75, 3.05) is 19.6 Å². The molecule has 0 saturated carbocycles. The van der Waals surface area contributed by atoms with Gasteiger partial charge < -0.3 is 5.32 Å². The van der Waals surface area contributed by atoms with E-state index in [1.54, 1.807) is 0 Å². The molecule has 0 rings (SSSR count). The van der Waals surface area contributed by atoms with Gasteiger partial charge in [0.05, 0.1) is 0 Å². The van der Waals surface area contributed by atoms with Gasteiger partial charge in [0, 0.05) is 25.2 Å². The van der Waals surface area contributed by atoms with E-state index in [-0.39, 0.29) is 0 Å². The Morgan fingerprint density at radius 2 is 1.67 bits per heavy atom. The third-order valence-electron chi connectivity index (χ3n) is 2.85. The average Bonchev–Trinajstić information content (AvgIpc) is 2.10. The molecule has 2 heteroatoms. The Labute approximate surface area is 96.4 Å². The molecule has 1 atom stereocenters. The number of likely N-dealkylation sites (N-methyl/N-ethyl adjacent to an activating group) is 1. The third kappa shape index (κ3) is 7.80. The maximum atomic E-state index is 3.59. The molecular weight excluding hydrogens is 184 g/mol. The van der Waals surface area contributed by atoms with Crippen LogP contribution in [0.15, 0.2) is 0 Å². The highest BCUT2D eigenvalue weighted by Gasteiger charge is 2.08. The van der Waals surface area contributed by atoms with E-state index in [9.17, 15) is 0 Å². The van der Waals surface area contributed by atoms with E-state index in [1.807, 2.05) is 0 Å². The topological polar surface area (TPSA) is 15.3 Å². The molecule has 1 unspecified atom stereocenters. The van der Waals surface area contributed by atoms with Gasteiger partial charge >= 0.3 is 0 Å². The average molecular weight is 214 g/mol. The zero-order chi connectivity index (χ0) is 11.8. The van der Waals surface area contributed by atoms with E-state index >= 15 is 0 Å². The first-order valence-corrected chi connectivity index (χ1v) is 6.44. The lowest BCUT2D eigenvalue weighted by Crippen LogP contribution is -2.39. The Kier molecular flexibility index (Phi) is 8.07. The molecule has 0 heterocycles. The van der Waals surface area contributed by atoms with E-state index in [0.717, 1.165) is 25.6 Å². The Morgan fingerprint density at radius 3 is 2.07 bits per heavy atom. The second-order valence-electron chi connectivity index (χ2n) is 5.21. The summed E-state index contributed by atoms with van der Waals surface area (Å²) in [6.45, 7) is 17.0. The van der Waals surface area contributed by atoms with Gasteiger partial charge in [-0.25, -0.2) is 0 Å². The van der Waals surface area contributed by atoms with Crippen molar-refractivity contribution in [1.29, 1.82) is 0 Å². The highest BCUT2D eigenvalue weighted by molar-refractivity contribution is 4.66. The van der Waals surface area contributed by atoms with Crippen molar-refractivity contribution in [2.24, 2.45) is 5.92 Å². The standard InChI is InChI=1S/C13H30N2/c1-7-15(12(4)5)9-8-14-13(6)10-11(2)3/h11-14H,7-10H2,1-6H3. The number of nitrogens with one attached hydrogen (secondary N) is 1. The lowest BCUT2D eigenvalue weighted by Gasteiger charge is -2.26. The van der Waals surface area contributed by atoms with Crippen LogP contribution in [0.3, 0.4) is 0 Å². The Morgan fingerprint density at radius 1 is 1.07 bits per heavy atom. The van der Waals surface area contributed by atoms with Crippen LogP contribution in [0, 0.1) is 5.92 Å². The van der Waals surface area contributed by atoms with Gasteiger partial charge in [0.15, 0.2) is 0 Å². The van der Waals surface area contributed by atoms with Crippen molar-refractivity contribution in [1.82, 2.24) is 10.2 Å². The summed E-state index contributed by atoms with van der Waals surface area (Å²) in [6, 6.07) is 1.31. The van der Waals surface area contributed by atoms with Crippen molar-refractivity contribution in [2.45, 2.75) is 60.0 Å². The van der Waals surface area contributed by atoms with E-state index in [1.165, 1.54) is 6.42 Å². The van der Waals surface area contributed by atoms with Crippen LogP contribution < -0.4 is 5.32 Å². The van der Waals surface area contributed by atoms with E-state index in [0.29, 0.717) is 12.1 Å². The lowest BCUT2D eigenvalue weighted by molar-refractivity contribution is 0.229. The van der Waals surface area contributed by atoms with Crippen LogP contribution >= 0.6 is 0 Å². The number of hydrogen-bond donors (Lipinski definition) is 1. The van der Waals surface area contributed by atoms with Crippen LogP contribution in [0.1, 0.15) is 48.0 Å². The molecule has 0 aromatic rings. The zero-order valence-corrected chi connectivity index (χ0v) is 11.5. The normalized spacial score (nSPS) is 14.2. The second-order valence-corrected chi connectivity index (χ2v) is 5.21. The lowest BCUT2D eigenvalue weighted by atomic mass is 10.1. The fraction of sp³-hybridized carbons (Fsp3) is 1.00. The molecule has 0 amide bonds. The molecule has 0 saturated heterocycles. The summed E-state index contributed by atoms with van der Waals surface area (Å²) in [5.74, 6) is 0.792. The van der Waals surface area contributed by atoms with E-state index in [2.05, 4.69) is 51.8 Å². The minimum absolute atomic E-state index is 0.649. The molecule has 0 aromatic carbocycles. The van der Waals surface area contributed by atoms with Gasteiger partial charge in [0.2, 0.25) is 0 Å². The molecule has 1 N–H and O–H groups in total. The first-order valence-electron chi connectivity index (χ1n) is 6.44. The molecular formula is C13H30N2. The predicted octanol–water partition coefficient (Wildman–Crippen LogP) is 2.74. The van der Waals surface area contributed by atoms with Gasteiger partial charge in [-0.15, -0.1) is 0 Å². The van der Waals surface area contributed by atoms with Crippen molar-refractivity contribution < 1.29 is 0 Å². The molecule has 2 nitrogen and oxygen atoms in total. The minimum Gasteiger partial charge on any atom is -0.313 e. The molecule has 92 valence electrons. The molecule has 0 aliphatic heterocycles. The molecule has 0 bridgehead atoms. The van der Waals surface area contributed by atoms with E-state index < -0.39 is 0 Å². The van der Waals surface area contributed by atoms with Gasteiger partial charge in [-0.05, 0) is 39.7 Å². The summed E-state index contributed by atoms with van der Waals surface area (Å²) >= 11 is 0. The van der Waals surface area contributed by atoms with Crippen molar-refractivity contribution in [3.05, 3.63) is 0 Å². The van der Waals surface area contributed by atoms with Crippen LogP contribution in [0.2, 0.25) is 0 Å². The summed E-state index contributed by atoms with van der Waals surface area (Å²) in [5.41, 5.74) is 0. The number of rotatable bonds is 8. The quantitative estimate of drug-likeness (QED) is 0.668. The first-order chi connectivity index (χ1) is 6.97.